The Labute approximate surface area is 117 Å². The van der Waals surface area contributed by atoms with Gasteiger partial charge >= 0.3 is 6.18 Å². The van der Waals surface area contributed by atoms with Crippen molar-refractivity contribution in [1.29, 1.82) is 0 Å². The first-order valence-corrected chi connectivity index (χ1v) is 6.79. The van der Waals surface area contributed by atoms with Gasteiger partial charge in [0, 0.05) is 17.5 Å². The van der Waals surface area contributed by atoms with Crippen LogP contribution in [-0.4, -0.2) is 18.8 Å². The fraction of sp³-hybridized carbons (Fsp3) is 0.571. The van der Waals surface area contributed by atoms with Gasteiger partial charge in [-0.2, -0.15) is 13.2 Å². The van der Waals surface area contributed by atoms with Crippen LogP contribution in [0.25, 0.3) is 0 Å². The van der Waals surface area contributed by atoms with Crippen molar-refractivity contribution in [2.75, 3.05) is 6.54 Å². The van der Waals surface area contributed by atoms with Gasteiger partial charge in [-0.3, -0.25) is 0 Å². The van der Waals surface area contributed by atoms with Crippen LogP contribution >= 0.6 is 11.6 Å². The molecule has 0 aliphatic rings. The molecular formula is C14H19ClF3N. The SMILES string of the molecule is CC(CCCC(F)(F)F)NCCc1ccc(Cl)cc1. The summed E-state index contributed by atoms with van der Waals surface area (Å²) in [6.45, 7) is 2.67. The van der Waals surface area contributed by atoms with Crippen LogP contribution in [0.5, 0.6) is 0 Å². The molecule has 108 valence electrons. The molecule has 1 nitrogen and oxygen atoms in total. The first-order valence-electron chi connectivity index (χ1n) is 6.41. The molecule has 0 saturated heterocycles. The Bertz CT molecular complexity index is 362. The van der Waals surface area contributed by atoms with Gasteiger partial charge in [0.1, 0.15) is 0 Å². The summed E-state index contributed by atoms with van der Waals surface area (Å²) in [4.78, 5) is 0. The minimum atomic E-state index is -4.04. The summed E-state index contributed by atoms with van der Waals surface area (Å²) in [5.74, 6) is 0. The first-order chi connectivity index (χ1) is 8.87. The molecule has 0 heterocycles. The summed E-state index contributed by atoms with van der Waals surface area (Å²) in [6, 6.07) is 7.69. The number of hydrogen-bond donors (Lipinski definition) is 1. The summed E-state index contributed by atoms with van der Waals surface area (Å²) >= 11 is 5.78. The predicted molar refractivity (Wildman–Crippen MR) is 72.5 cm³/mol. The van der Waals surface area contributed by atoms with E-state index < -0.39 is 12.6 Å². The molecule has 0 aliphatic heterocycles. The molecule has 1 N–H and O–H groups in total. The summed E-state index contributed by atoms with van der Waals surface area (Å²) in [7, 11) is 0. The average Bonchev–Trinajstić information content (AvgIpc) is 2.30. The molecule has 1 rings (SSSR count). The zero-order valence-corrected chi connectivity index (χ0v) is 11.7. The number of alkyl halides is 3. The Kier molecular flexibility index (Phi) is 6.66. The fourth-order valence-corrected chi connectivity index (χ4v) is 1.95. The Morgan fingerprint density at radius 3 is 2.42 bits per heavy atom. The van der Waals surface area contributed by atoms with Crippen molar-refractivity contribution in [1.82, 2.24) is 5.32 Å². The first kappa shape index (κ1) is 16.3. The summed E-state index contributed by atoms with van der Waals surface area (Å²) < 4.78 is 35.9. The van der Waals surface area contributed by atoms with Gasteiger partial charge in [0.05, 0.1) is 0 Å². The van der Waals surface area contributed by atoms with E-state index in [1.807, 2.05) is 31.2 Å². The van der Waals surface area contributed by atoms with Gasteiger partial charge in [0.2, 0.25) is 0 Å². The van der Waals surface area contributed by atoms with Crippen LogP contribution in [0.4, 0.5) is 13.2 Å². The Balaban J connectivity index is 2.13. The molecule has 0 saturated carbocycles. The number of halogens is 4. The highest BCUT2D eigenvalue weighted by Gasteiger charge is 2.26. The Morgan fingerprint density at radius 2 is 1.84 bits per heavy atom. The highest BCUT2D eigenvalue weighted by Crippen LogP contribution is 2.22. The number of rotatable bonds is 7. The van der Waals surface area contributed by atoms with Crippen molar-refractivity contribution in [2.45, 2.75) is 44.8 Å². The lowest BCUT2D eigenvalue weighted by Gasteiger charge is -2.14. The number of nitrogens with one attached hydrogen (secondary N) is 1. The van der Waals surface area contributed by atoms with Crippen molar-refractivity contribution in [3.8, 4) is 0 Å². The molecular weight excluding hydrogens is 275 g/mol. The van der Waals surface area contributed by atoms with Crippen molar-refractivity contribution >= 4 is 11.6 Å². The minimum Gasteiger partial charge on any atom is -0.314 e. The van der Waals surface area contributed by atoms with Crippen LogP contribution in [0.15, 0.2) is 24.3 Å². The smallest absolute Gasteiger partial charge is 0.314 e. The maximum atomic E-state index is 12.0. The molecule has 0 radical (unpaired) electrons. The topological polar surface area (TPSA) is 12.0 Å². The second kappa shape index (κ2) is 7.75. The normalized spacial score (nSPS) is 13.5. The monoisotopic (exact) mass is 293 g/mol. The molecule has 0 fully saturated rings. The van der Waals surface area contributed by atoms with E-state index >= 15 is 0 Å². The summed E-state index contributed by atoms with van der Waals surface area (Å²) in [6.07, 6.45) is -3.17. The molecule has 1 unspecified atom stereocenters. The van der Waals surface area contributed by atoms with E-state index in [9.17, 15) is 13.2 Å². The van der Waals surface area contributed by atoms with E-state index in [2.05, 4.69) is 5.32 Å². The van der Waals surface area contributed by atoms with Gasteiger partial charge in [-0.05, 0) is 50.4 Å². The Morgan fingerprint density at radius 1 is 1.21 bits per heavy atom. The molecule has 0 amide bonds. The molecule has 0 bridgehead atoms. The quantitative estimate of drug-likeness (QED) is 0.775. The fourth-order valence-electron chi connectivity index (χ4n) is 1.82. The van der Waals surface area contributed by atoms with E-state index in [1.54, 1.807) is 0 Å². The van der Waals surface area contributed by atoms with E-state index in [1.165, 1.54) is 5.56 Å². The largest absolute Gasteiger partial charge is 0.389 e. The van der Waals surface area contributed by atoms with E-state index in [0.29, 0.717) is 11.4 Å². The molecule has 0 aliphatic carbocycles. The molecule has 19 heavy (non-hydrogen) atoms. The van der Waals surface area contributed by atoms with Crippen LogP contribution < -0.4 is 5.32 Å². The van der Waals surface area contributed by atoms with Gasteiger partial charge in [-0.15, -0.1) is 0 Å². The van der Waals surface area contributed by atoms with Crippen LogP contribution in [0, 0.1) is 0 Å². The van der Waals surface area contributed by atoms with Crippen LogP contribution in [-0.2, 0) is 6.42 Å². The maximum Gasteiger partial charge on any atom is 0.389 e. The molecule has 1 aromatic carbocycles. The lowest BCUT2D eigenvalue weighted by atomic mass is 10.1. The van der Waals surface area contributed by atoms with E-state index in [0.717, 1.165) is 13.0 Å². The summed E-state index contributed by atoms with van der Waals surface area (Å²) in [5, 5.41) is 3.94. The van der Waals surface area contributed by atoms with Gasteiger partial charge in [-0.1, -0.05) is 23.7 Å². The van der Waals surface area contributed by atoms with Crippen LogP contribution in [0.2, 0.25) is 5.02 Å². The van der Waals surface area contributed by atoms with Crippen molar-refractivity contribution in [3.63, 3.8) is 0 Å². The van der Waals surface area contributed by atoms with E-state index in [4.69, 9.17) is 11.6 Å². The number of hydrogen-bond acceptors (Lipinski definition) is 1. The highest BCUT2D eigenvalue weighted by atomic mass is 35.5. The third-order valence-electron chi connectivity index (χ3n) is 2.92. The lowest BCUT2D eigenvalue weighted by Crippen LogP contribution is -2.28. The standard InChI is InChI=1S/C14H19ClF3N/c1-11(3-2-9-14(16,17)18)19-10-8-12-4-6-13(15)7-5-12/h4-7,11,19H,2-3,8-10H2,1H3. The third kappa shape index (κ3) is 8.11. The zero-order chi connectivity index (χ0) is 14.3. The second-order valence-corrected chi connectivity index (χ2v) is 5.18. The lowest BCUT2D eigenvalue weighted by molar-refractivity contribution is -0.135. The Hall–Kier alpha value is -0.740. The van der Waals surface area contributed by atoms with Crippen molar-refractivity contribution in [2.24, 2.45) is 0 Å². The molecule has 0 aromatic heterocycles. The second-order valence-electron chi connectivity index (χ2n) is 4.74. The van der Waals surface area contributed by atoms with Gasteiger partial charge in [-0.25, -0.2) is 0 Å². The molecule has 0 spiro atoms. The average molecular weight is 294 g/mol. The molecule has 5 heteroatoms. The molecule has 1 aromatic rings. The highest BCUT2D eigenvalue weighted by molar-refractivity contribution is 6.30. The third-order valence-corrected chi connectivity index (χ3v) is 3.17. The van der Waals surface area contributed by atoms with Crippen LogP contribution in [0.1, 0.15) is 31.7 Å². The van der Waals surface area contributed by atoms with Crippen molar-refractivity contribution in [3.05, 3.63) is 34.9 Å². The van der Waals surface area contributed by atoms with Crippen LogP contribution in [0.3, 0.4) is 0 Å². The maximum absolute atomic E-state index is 12.0. The zero-order valence-electron chi connectivity index (χ0n) is 10.9. The molecule has 1 atom stereocenters. The number of benzene rings is 1. The van der Waals surface area contributed by atoms with E-state index in [-0.39, 0.29) is 12.5 Å². The van der Waals surface area contributed by atoms with Gasteiger partial charge < -0.3 is 5.32 Å². The van der Waals surface area contributed by atoms with Gasteiger partial charge in [0.25, 0.3) is 0 Å². The van der Waals surface area contributed by atoms with Crippen molar-refractivity contribution < 1.29 is 13.2 Å². The van der Waals surface area contributed by atoms with Gasteiger partial charge in [0.15, 0.2) is 0 Å². The summed E-state index contributed by atoms with van der Waals surface area (Å²) in [5.41, 5.74) is 1.17. The minimum absolute atomic E-state index is 0.106. The predicted octanol–water partition coefficient (Wildman–Crippen LogP) is 4.59.